The maximum Gasteiger partial charge on any atom is 0.374 e. The highest BCUT2D eigenvalue weighted by atomic mass is 35.5. The molecule has 1 aromatic heterocycles. The number of nitrogens with zero attached hydrogens (tertiary/aromatic N) is 2. The molecule has 2 heterocycles. The first-order chi connectivity index (χ1) is 15.3. The lowest BCUT2D eigenvalue weighted by atomic mass is 10.1. The lowest BCUT2D eigenvalue weighted by molar-refractivity contribution is -0.122. The molecule has 11 heteroatoms. The van der Waals surface area contributed by atoms with Gasteiger partial charge in [-0.15, -0.1) is 0 Å². The zero-order valence-corrected chi connectivity index (χ0v) is 19.3. The Morgan fingerprint density at radius 2 is 1.78 bits per heavy atom. The molecule has 0 unspecified atom stereocenters. The zero-order valence-electron chi connectivity index (χ0n) is 17.8. The molecule has 0 saturated carbocycles. The van der Waals surface area contributed by atoms with Gasteiger partial charge in [-0.1, -0.05) is 23.7 Å². The first-order valence-corrected chi connectivity index (χ1v) is 12.1. The molecule has 0 aliphatic carbocycles. The van der Waals surface area contributed by atoms with E-state index in [1.807, 2.05) is 29.2 Å². The zero-order chi connectivity index (χ0) is 23.1. The van der Waals surface area contributed by atoms with Crippen LogP contribution in [-0.2, 0) is 26.0 Å². The first-order valence-electron chi connectivity index (χ1n) is 10.3. The molecule has 1 amide bonds. The molecule has 1 aliphatic heterocycles. The molecule has 0 spiro atoms. The number of halogens is 1. The molecular weight excluding hydrogens is 458 g/mol. The number of amides is 1. The minimum atomic E-state index is -3.87. The van der Waals surface area contributed by atoms with Crippen molar-refractivity contribution in [3.8, 4) is 0 Å². The minimum absolute atomic E-state index is 0.111. The van der Waals surface area contributed by atoms with E-state index in [0.29, 0.717) is 31.1 Å². The lowest BCUT2D eigenvalue weighted by Crippen LogP contribution is -2.51. The maximum atomic E-state index is 12.8. The highest BCUT2D eigenvalue weighted by molar-refractivity contribution is 7.89. The van der Waals surface area contributed by atoms with Gasteiger partial charge in [-0.05, 0) is 43.2 Å². The maximum absolute atomic E-state index is 12.8. The van der Waals surface area contributed by atoms with Crippen LogP contribution in [0.25, 0.3) is 0 Å². The topological polar surface area (TPSA) is 109 Å². The van der Waals surface area contributed by atoms with Gasteiger partial charge in [-0.3, -0.25) is 9.69 Å². The molecule has 1 N–H and O–H groups in total. The van der Waals surface area contributed by atoms with Crippen molar-refractivity contribution in [1.29, 1.82) is 0 Å². The van der Waals surface area contributed by atoms with Crippen LogP contribution in [0.1, 0.15) is 23.0 Å². The Morgan fingerprint density at radius 3 is 2.44 bits per heavy atom. The Bertz CT molecular complexity index is 1030. The van der Waals surface area contributed by atoms with Gasteiger partial charge in [0, 0.05) is 37.7 Å². The van der Waals surface area contributed by atoms with Crippen LogP contribution in [0, 0.1) is 0 Å². The number of piperazine rings is 1. The van der Waals surface area contributed by atoms with Crippen LogP contribution in [0.5, 0.6) is 0 Å². The predicted octanol–water partition coefficient (Wildman–Crippen LogP) is 1.77. The Morgan fingerprint density at radius 1 is 1.09 bits per heavy atom. The molecule has 2 aromatic rings. The Balaban J connectivity index is 1.44. The second-order valence-corrected chi connectivity index (χ2v) is 9.55. The number of esters is 1. The van der Waals surface area contributed by atoms with Crippen LogP contribution < -0.4 is 5.32 Å². The summed E-state index contributed by atoms with van der Waals surface area (Å²) in [6.45, 7) is 3.78. The molecule has 1 aliphatic rings. The van der Waals surface area contributed by atoms with E-state index >= 15 is 0 Å². The van der Waals surface area contributed by atoms with E-state index in [0.717, 1.165) is 5.56 Å². The number of sulfonamides is 1. The summed E-state index contributed by atoms with van der Waals surface area (Å²) in [5.41, 5.74) is 1.08. The summed E-state index contributed by atoms with van der Waals surface area (Å²) in [6.07, 6.45) is 0.700. The Labute approximate surface area is 192 Å². The number of carbonyl (C=O) groups excluding carboxylic acids is 2. The summed E-state index contributed by atoms with van der Waals surface area (Å²) in [5, 5.41) is 3.25. The van der Waals surface area contributed by atoms with Crippen LogP contribution in [0.4, 0.5) is 0 Å². The Hall–Kier alpha value is -2.40. The molecule has 0 bridgehead atoms. The molecule has 0 atom stereocenters. The predicted molar refractivity (Wildman–Crippen MR) is 118 cm³/mol. The summed E-state index contributed by atoms with van der Waals surface area (Å²) < 4.78 is 36.9. The number of carbonyl (C=O) groups is 2. The summed E-state index contributed by atoms with van der Waals surface area (Å²) >= 11 is 5.86. The number of rotatable bonds is 9. The van der Waals surface area contributed by atoms with E-state index in [-0.39, 0.29) is 43.0 Å². The normalized spacial score (nSPS) is 15.4. The summed E-state index contributed by atoms with van der Waals surface area (Å²) in [4.78, 5) is 25.8. The molecular formula is C21H26ClN3O6S. The van der Waals surface area contributed by atoms with E-state index in [2.05, 4.69) is 5.32 Å². The summed E-state index contributed by atoms with van der Waals surface area (Å²) in [5.74, 6) is -0.972. The highest BCUT2D eigenvalue weighted by Crippen LogP contribution is 2.21. The SMILES string of the molecule is CCOC(=O)c1ccc(S(=O)(=O)N2CCN(CC(=O)NCCc3ccc(Cl)cc3)CC2)o1. The molecule has 32 heavy (non-hydrogen) atoms. The fourth-order valence-corrected chi connectivity index (χ4v) is 4.74. The highest BCUT2D eigenvalue weighted by Gasteiger charge is 2.32. The van der Waals surface area contributed by atoms with Crippen LogP contribution in [-0.4, -0.2) is 75.4 Å². The molecule has 1 aromatic carbocycles. The largest absolute Gasteiger partial charge is 0.460 e. The number of ether oxygens (including phenoxy) is 1. The van der Waals surface area contributed by atoms with Gasteiger partial charge in [-0.25, -0.2) is 13.2 Å². The van der Waals surface area contributed by atoms with E-state index in [4.69, 9.17) is 20.8 Å². The van der Waals surface area contributed by atoms with Crippen LogP contribution in [0.2, 0.25) is 5.02 Å². The van der Waals surface area contributed by atoms with Crippen LogP contribution in [0.15, 0.2) is 45.9 Å². The monoisotopic (exact) mass is 483 g/mol. The summed E-state index contributed by atoms with van der Waals surface area (Å²) in [7, 11) is -3.87. The molecule has 0 radical (unpaired) electrons. The molecule has 9 nitrogen and oxygen atoms in total. The van der Waals surface area contributed by atoms with Crippen molar-refractivity contribution >= 4 is 33.5 Å². The van der Waals surface area contributed by atoms with Gasteiger partial charge >= 0.3 is 5.97 Å². The van der Waals surface area contributed by atoms with Gasteiger partial charge in [0.15, 0.2) is 0 Å². The van der Waals surface area contributed by atoms with Crippen molar-refractivity contribution in [2.45, 2.75) is 18.4 Å². The van der Waals surface area contributed by atoms with Crippen molar-refractivity contribution < 1.29 is 27.2 Å². The average molecular weight is 484 g/mol. The van der Waals surface area contributed by atoms with Gasteiger partial charge in [0.25, 0.3) is 10.0 Å². The average Bonchev–Trinajstić information content (AvgIpc) is 3.27. The van der Waals surface area contributed by atoms with Crippen molar-refractivity contribution in [3.05, 3.63) is 52.7 Å². The van der Waals surface area contributed by atoms with Gasteiger partial charge in [0.1, 0.15) is 0 Å². The smallest absolute Gasteiger partial charge is 0.374 e. The number of nitrogens with one attached hydrogen (secondary N) is 1. The van der Waals surface area contributed by atoms with Gasteiger partial charge in [-0.2, -0.15) is 4.31 Å². The second kappa shape index (κ2) is 11.0. The van der Waals surface area contributed by atoms with Crippen LogP contribution in [0.3, 0.4) is 0 Å². The van der Waals surface area contributed by atoms with E-state index < -0.39 is 16.0 Å². The number of hydrogen-bond donors (Lipinski definition) is 1. The van der Waals surface area contributed by atoms with Crippen molar-refractivity contribution in [3.63, 3.8) is 0 Å². The van der Waals surface area contributed by atoms with E-state index in [1.165, 1.54) is 16.4 Å². The van der Waals surface area contributed by atoms with Crippen LogP contribution >= 0.6 is 11.6 Å². The third-order valence-corrected chi connectivity index (χ3v) is 7.02. The fourth-order valence-electron chi connectivity index (χ4n) is 3.28. The molecule has 1 saturated heterocycles. The molecule has 3 rings (SSSR count). The van der Waals surface area contributed by atoms with Crippen molar-refractivity contribution in [2.75, 3.05) is 45.9 Å². The molecule has 1 fully saturated rings. The van der Waals surface area contributed by atoms with Crippen molar-refractivity contribution in [2.24, 2.45) is 0 Å². The number of benzene rings is 1. The minimum Gasteiger partial charge on any atom is -0.460 e. The van der Waals surface area contributed by atoms with Gasteiger partial charge in [0.05, 0.1) is 13.2 Å². The Kier molecular flexibility index (Phi) is 8.30. The van der Waals surface area contributed by atoms with E-state index in [9.17, 15) is 18.0 Å². The van der Waals surface area contributed by atoms with Gasteiger partial charge in [0.2, 0.25) is 16.8 Å². The van der Waals surface area contributed by atoms with E-state index in [1.54, 1.807) is 6.92 Å². The third kappa shape index (κ3) is 6.32. The number of furan rings is 1. The molecule has 174 valence electrons. The standard InChI is InChI=1S/C21H26ClN3O6S/c1-2-30-21(27)18-7-8-20(31-18)32(28,29)25-13-11-24(12-14-25)15-19(26)23-10-9-16-3-5-17(22)6-4-16/h3-8H,2,9-15H2,1H3,(H,23,26). The first kappa shape index (κ1) is 24.2. The van der Waals surface area contributed by atoms with Crippen molar-refractivity contribution in [1.82, 2.24) is 14.5 Å². The van der Waals surface area contributed by atoms with Gasteiger partial charge < -0.3 is 14.5 Å². The fraction of sp³-hybridized carbons (Fsp3) is 0.429. The summed E-state index contributed by atoms with van der Waals surface area (Å²) in [6, 6.07) is 10.0. The third-order valence-electron chi connectivity index (χ3n) is 5.00. The second-order valence-electron chi connectivity index (χ2n) is 7.25. The lowest BCUT2D eigenvalue weighted by Gasteiger charge is -2.32. The number of hydrogen-bond acceptors (Lipinski definition) is 7. The quantitative estimate of drug-likeness (QED) is 0.541.